The van der Waals surface area contributed by atoms with Crippen molar-refractivity contribution in [2.75, 3.05) is 5.32 Å². The molecule has 0 spiro atoms. The topological polar surface area (TPSA) is 142 Å². The van der Waals surface area contributed by atoms with Crippen molar-refractivity contribution in [3.8, 4) is 5.75 Å². The molecule has 0 fully saturated rings. The average molecular weight is 397 g/mol. The summed E-state index contributed by atoms with van der Waals surface area (Å²) in [4.78, 5) is 22.0. The van der Waals surface area contributed by atoms with E-state index in [4.69, 9.17) is 9.88 Å². The highest BCUT2D eigenvalue weighted by Gasteiger charge is 2.24. The van der Waals surface area contributed by atoms with Crippen LogP contribution in [0, 0.1) is 22.9 Å². The quantitative estimate of drug-likeness (QED) is 0.565. The number of rotatable bonds is 6. The molecule has 11 heteroatoms. The molecule has 0 heterocycles. The molecule has 0 aliphatic rings. The van der Waals surface area contributed by atoms with Crippen molar-refractivity contribution in [1.82, 2.24) is 0 Å². The number of ether oxygens (including phenoxy) is 1. The molecule has 0 aliphatic carbocycles. The molecule has 144 valence electrons. The smallest absolute Gasteiger partial charge is 0.312 e. The molecule has 0 aromatic heterocycles. The SMILES string of the molecule is Cc1ccc(NC(=O)C(C)Oc2ccc(S(N)(=O)=O)cc2[N+](=O)[O-])cc1F. The zero-order chi connectivity index (χ0) is 20.4. The van der Waals surface area contributed by atoms with Gasteiger partial charge in [0.15, 0.2) is 11.9 Å². The van der Waals surface area contributed by atoms with Crippen LogP contribution in [0.4, 0.5) is 15.8 Å². The molecule has 0 saturated carbocycles. The molecule has 2 aromatic rings. The maximum atomic E-state index is 13.5. The van der Waals surface area contributed by atoms with Crippen LogP contribution in [0.2, 0.25) is 0 Å². The van der Waals surface area contributed by atoms with Crippen LogP contribution in [0.3, 0.4) is 0 Å². The van der Waals surface area contributed by atoms with E-state index in [1.54, 1.807) is 6.92 Å². The second-order valence-corrected chi connectivity index (χ2v) is 7.21. The summed E-state index contributed by atoms with van der Waals surface area (Å²) in [5.74, 6) is -1.50. The first-order valence-electron chi connectivity index (χ1n) is 7.54. The van der Waals surface area contributed by atoms with Crippen LogP contribution >= 0.6 is 0 Å². The van der Waals surface area contributed by atoms with Crippen LogP contribution in [0.15, 0.2) is 41.3 Å². The number of nitrogens with one attached hydrogen (secondary N) is 1. The lowest BCUT2D eigenvalue weighted by molar-refractivity contribution is -0.386. The summed E-state index contributed by atoms with van der Waals surface area (Å²) in [5, 5.41) is 18.5. The molecule has 27 heavy (non-hydrogen) atoms. The van der Waals surface area contributed by atoms with Gasteiger partial charge in [0.05, 0.1) is 9.82 Å². The second-order valence-electron chi connectivity index (χ2n) is 5.64. The van der Waals surface area contributed by atoms with Crippen molar-refractivity contribution < 1.29 is 27.3 Å². The Labute approximate surface area is 154 Å². The van der Waals surface area contributed by atoms with Crippen LogP contribution in [0.1, 0.15) is 12.5 Å². The third-order valence-corrected chi connectivity index (χ3v) is 4.48. The minimum absolute atomic E-state index is 0.192. The minimum Gasteiger partial charge on any atom is -0.474 e. The number of nitro benzene ring substituents is 1. The van der Waals surface area contributed by atoms with Crippen molar-refractivity contribution >= 4 is 27.3 Å². The zero-order valence-electron chi connectivity index (χ0n) is 14.3. The standard InChI is InChI=1S/C16H16FN3O6S/c1-9-3-4-11(7-13(9)17)19-16(21)10(2)26-15-6-5-12(27(18,24)25)8-14(15)20(22)23/h3-8,10H,1-2H3,(H,19,21)(H2,18,24,25). The maximum Gasteiger partial charge on any atom is 0.312 e. The van der Waals surface area contributed by atoms with Gasteiger partial charge in [-0.2, -0.15) is 0 Å². The summed E-state index contributed by atoms with van der Waals surface area (Å²) in [7, 11) is -4.14. The number of nitro groups is 1. The van der Waals surface area contributed by atoms with Crippen molar-refractivity contribution in [2.45, 2.75) is 24.8 Å². The molecule has 9 nitrogen and oxygen atoms in total. The maximum absolute atomic E-state index is 13.5. The molecule has 0 saturated heterocycles. The lowest BCUT2D eigenvalue weighted by Gasteiger charge is -2.15. The van der Waals surface area contributed by atoms with Crippen molar-refractivity contribution in [2.24, 2.45) is 5.14 Å². The number of amides is 1. The van der Waals surface area contributed by atoms with E-state index in [1.807, 2.05) is 0 Å². The summed E-state index contributed by atoms with van der Waals surface area (Å²) >= 11 is 0. The fraction of sp³-hybridized carbons (Fsp3) is 0.188. The van der Waals surface area contributed by atoms with E-state index < -0.39 is 43.4 Å². The first kappa shape index (κ1) is 20.3. The summed E-state index contributed by atoms with van der Waals surface area (Å²) < 4.78 is 41.5. The van der Waals surface area contributed by atoms with Gasteiger partial charge in [0, 0.05) is 11.8 Å². The Hall–Kier alpha value is -3.05. The van der Waals surface area contributed by atoms with Crippen LogP contribution in [-0.2, 0) is 14.8 Å². The van der Waals surface area contributed by atoms with Crippen LogP contribution in [0.5, 0.6) is 5.75 Å². The lowest BCUT2D eigenvalue weighted by Crippen LogP contribution is -2.30. The van der Waals surface area contributed by atoms with E-state index in [2.05, 4.69) is 5.32 Å². The van der Waals surface area contributed by atoms with Gasteiger partial charge in [0.1, 0.15) is 5.82 Å². The predicted molar refractivity (Wildman–Crippen MR) is 94.3 cm³/mol. The third kappa shape index (κ3) is 4.99. The van der Waals surface area contributed by atoms with E-state index in [1.165, 1.54) is 19.1 Å². The van der Waals surface area contributed by atoms with Crippen LogP contribution in [-0.4, -0.2) is 25.4 Å². The van der Waals surface area contributed by atoms with Crippen molar-refractivity contribution in [1.29, 1.82) is 0 Å². The Morgan fingerprint density at radius 3 is 2.52 bits per heavy atom. The lowest BCUT2D eigenvalue weighted by atomic mass is 10.2. The third-order valence-electron chi connectivity index (χ3n) is 3.57. The first-order valence-corrected chi connectivity index (χ1v) is 9.08. The number of hydrogen-bond acceptors (Lipinski definition) is 6. The van der Waals surface area contributed by atoms with Gasteiger partial charge in [0.25, 0.3) is 5.91 Å². The highest BCUT2D eigenvalue weighted by molar-refractivity contribution is 7.89. The summed E-state index contributed by atoms with van der Waals surface area (Å²) in [5.41, 5.74) is -0.0666. The van der Waals surface area contributed by atoms with Gasteiger partial charge in [-0.1, -0.05) is 6.07 Å². The molecule has 3 N–H and O–H groups in total. The summed E-state index contributed by atoms with van der Waals surface area (Å²) in [6.45, 7) is 2.90. The second kappa shape index (κ2) is 7.68. The fourth-order valence-electron chi connectivity index (χ4n) is 2.07. The zero-order valence-corrected chi connectivity index (χ0v) is 15.1. The van der Waals surface area contributed by atoms with Gasteiger partial charge in [-0.3, -0.25) is 14.9 Å². The number of primary sulfonamides is 1. The van der Waals surface area contributed by atoms with Gasteiger partial charge in [-0.25, -0.2) is 17.9 Å². The number of hydrogen-bond donors (Lipinski definition) is 2. The Balaban J connectivity index is 2.21. The highest BCUT2D eigenvalue weighted by Crippen LogP contribution is 2.30. The number of halogens is 1. The number of benzene rings is 2. The van der Waals surface area contributed by atoms with Crippen molar-refractivity contribution in [3.05, 3.63) is 57.9 Å². The van der Waals surface area contributed by atoms with Gasteiger partial charge in [0.2, 0.25) is 10.0 Å². The van der Waals surface area contributed by atoms with Gasteiger partial charge in [-0.05, 0) is 43.7 Å². The van der Waals surface area contributed by atoms with Crippen LogP contribution < -0.4 is 15.2 Å². The number of aryl methyl sites for hydroxylation is 1. The normalized spacial score (nSPS) is 12.3. The number of anilines is 1. The molecule has 1 unspecified atom stereocenters. The van der Waals surface area contributed by atoms with E-state index >= 15 is 0 Å². The monoisotopic (exact) mass is 397 g/mol. The molecule has 1 amide bonds. The summed E-state index contributed by atoms with van der Waals surface area (Å²) in [6.07, 6.45) is -1.19. The average Bonchev–Trinajstić information content (AvgIpc) is 2.57. The number of carbonyl (C=O) groups excluding carboxylic acids is 1. The van der Waals surface area contributed by atoms with Gasteiger partial charge in [-0.15, -0.1) is 0 Å². The van der Waals surface area contributed by atoms with E-state index in [0.29, 0.717) is 5.56 Å². The molecule has 0 radical (unpaired) electrons. The molecular weight excluding hydrogens is 381 g/mol. The van der Waals surface area contributed by atoms with Gasteiger partial charge >= 0.3 is 5.69 Å². The Morgan fingerprint density at radius 1 is 1.30 bits per heavy atom. The molecular formula is C16H16FN3O6S. The fourth-order valence-corrected chi connectivity index (χ4v) is 2.61. The first-order chi connectivity index (χ1) is 12.5. The largest absolute Gasteiger partial charge is 0.474 e. The van der Waals surface area contributed by atoms with Crippen molar-refractivity contribution in [3.63, 3.8) is 0 Å². The molecule has 2 aromatic carbocycles. The predicted octanol–water partition coefficient (Wildman–Crippen LogP) is 2.10. The molecule has 0 bridgehead atoms. The molecule has 0 aliphatic heterocycles. The van der Waals surface area contributed by atoms with E-state index in [9.17, 15) is 27.7 Å². The van der Waals surface area contributed by atoms with E-state index in [-0.39, 0.29) is 11.4 Å². The highest BCUT2D eigenvalue weighted by atomic mass is 32.2. The Morgan fingerprint density at radius 2 is 1.96 bits per heavy atom. The van der Waals surface area contributed by atoms with Crippen LogP contribution in [0.25, 0.3) is 0 Å². The van der Waals surface area contributed by atoms with E-state index in [0.717, 1.165) is 24.3 Å². The molecule has 2 rings (SSSR count). The Bertz CT molecular complexity index is 1010. The number of nitrogens with zero attached hydrogens (tertiary/aromatic N) is 1. The molecule has 1 atom stereocenters. The Kier molecular flexibility index (Phi) is 5.76. The van der Waals surface area contributed by atoms with Gasteiger partial charge < -0.3 is 10.1 Å². The number of nitrogens with two attached hydrogens (primary N) is 1. The number of carbonyl (C=O) groups is 1. The minimum atomic E-state index is -4.14. The number of sulfonamides is 1. The summed E-state index contributed by atoms with van der Waals surface area (Å²) in [6, 6.07) is 6.90.